The minimum atomic E-state index is -0.415. The maximum Gasteiger partial charge on any atom is 0.129 e. The molecule has 2 heteroatoms. The van der Waals surface area contributed by atoms with Crippen molar-refractivity contribution in [3.63, 3.8) is 0 Å². The Morgan fingerprint density at radius 1 is 1.22 bits per heavy atom. The smallest absolute Gasteiger partial charge is 0.129 e. The van der Waals surface area contributed by atoms with E-state index in [0.717, 1.165) is 11.3 Å². The Hall–Kier alpha value is -1.75. The number of ether oxygens (including phenoxy) is 1. The van der Waals surface area contributed by atoms with Gasteiger partial charge in [-0.2, -0.15) is 5.26 Å². The molecule has 0 amide bonds. The van der Waals surface area contributed by atoms with Gasteiger partial charge in [0.2, 0.25) is 0 Å². The average molecular weight is 241 g/mol. The van der Waals surface area contributed by atoms with Crippen LogP contribution in [0.1, 0.15) is 45.7 Å². The standard InChI is InChI=1S/C16H19NO/c1-15(2,3)12-6-7-14-13(8-12)11(10-17)9-16(4,5)18-14/h6-9H,1-5H3. The molecule has 1 aromatic rings. The van der Waals surface area contributed by atoms with Crippen molar-refractivity contribution in [2.45, 2.75) is 45.6 Å². The van der Waals surface area contributed by atoms with Gasteiger partial charge in [-0.3, -0.25) is 0 Å². The van der Waals surface area contributed by atoms with Gasteiger partial charge in [-0.1, -0.05) is 26.8 Å². The predicted molar refractivity (Wildman–Crippen MR) is 73.4 cm³/mol. The van der Waals surface area contributed by atoms with E-state index in [1.165, 1.54) is 5.56 Å². The second kappa shape index (κ2) is 3.88. The maximum atomic E-state index is 9.29. The Labute approximate surface area is 109 Å². The van der Waals surface area contributed by atoms with Gasteiger partial charge in [-0.05, 0) is 43.0 Å². The highest BCUT2D eigenvalue weighted by Gasteiger charge is 2.27. The van der Waals surface area contributed by atoms with Gasteiger partial charge in [0, 0.05) is 5.56 Å². The zero-order chi connectivity index (χ0) is 13.6. The molecule has 0 unspecified atom stereocenters. The third-order valence-electron chi connectivity index (χ3n) is 3.12. The molecule has 1 aromatic carbocycles. The molecule has 2 nitrogen and oxygen atoms in total. The summed E-state index contributed by atoms with van der Waals surface area (Å²) < 4.78 is 5.89. The lowest BCUT2D eigenvalue weighted by Gasteiger charge is -2.30. The van der Waals surface area contributed by atoms with E-state index in [4.69, 9.17) is 4.74 Å². The lowest BCUT2D eigenvalue weighted by atomic mass is 9.84. The van der Waals surface area contributed by atoms with Crippen molar-refractivity contribution in [3.05, 3.63) is 35.4 Å². The Balaban J connectivity index is 2.59. The molecule has 0 N–H and O–H groups in total. The molecule has 2 rings (SSSR count). The van der Waals surface area contributed by atoms with E-state index < -0.39 is 5.60 Å². The Morgan fingerprint density at radius 2 is 1.89 bits per heavy atom. The molecule has 0 spiro atoms. The molecular weight excluding hydrogens is 222 g/mol. The summed E-state index contributed by atoms with van der Waals surface area (Å²) in [5.41, 5.74) is 2.48. The minimum Gasteiger partial charge on any atom is -0.483 e. The summed E-state index contributed by atoms with van der Waals surface area (Å²) in [4.78, 5) is 0. The lowest BCUT2D eigenvalue weighted by molar-refractivity contribution is 0.158. The molecule has 1 aliphatic rings. The number of allylic oxidation sites excluding steroid dienone is 1. The average Bonchev–Trinajstić information content (AvgIpc) is 2.24. The van der Waals surface area contributed by atoms with E-state index in [9.17, 15) is 5.26 Å². The highest BCUT2D eigenvalue weighted by atomic mass is 16.5. The third-order valence-corrected chi connectivity index (χ3v) is 3.12. The number of nitrogens with zero attached hydrogens (tertiary/aromatic N) is 1. The van der Waals surface area contributed by atoms with E-state index in [1.54, 1.807) is 0 Å². The molecule has 0 aliphatic carbocycles. The van der Waals surface area contributed by atoms with Gasteiger partial charge in [-0.15, -0.1) is 0 Å². The first-order valence-corrected chi connectivity index (χ1v) is 6.20. The molecule has 1 heterocycles. The number of hydrogen-bond donors (Lipinski definition) is 0. The van der Waals surface area contributed by atoms with Crippen LogP contribution in [0.25, 0.3) is 5.57 Å². The van der Waals surface area contributed by atoms with Crippen molar-refractivity contribution in [1.29, 1.82) is 5.26 Å². The number of fused-ring (bicyclic) bond motifs is 1. The topological polar surface area (TPSA) is 33.0 Å². The number of nitriles is 1. The fourth-order valence-corrected chi connectivity index (χ4v) is 2.13. The summed E-state index contributed by atoms with van der Waals surface area (Å²) in [5, 5.41) is 9.29. The molecule has 1 aliphatic heterocycles. The zero-order valence-corrected chi connectivity index (χ0v) is 11.7. The van der Waals surface area contributed by atoms with Crippen LogP contribution in [-0.4, -0.2) is 5.60 Å². The highest BCUT2D eigenvalue weighted by Crippen LogP contribution is 2.38. The van der Waals surface area contributed by atoms with Crippen molar-refractivity contribution >= 4 is 5.57 Å². The zero-order valence-electron chi connectivity index (χ0n) is 11.7. The summed E-state index contributed by atoms with van der Waals surface area (Å²) in [5.74, 6) is 0.798. The Bertz CT molecular complexity index is 553. The van der Waals surface area contributed by atoms with Crippen LogP contribution in [-0.2, 0) is 5.41 Å². The fraction of sp³-hybridized carbons (Fsp3) is 0.438. The van der Waals surface area contributed by atoms with Crippen molar-refractivity contribution in [2.24, 2.45) is 0 Å². The Morgan fingerprint density at radius 3 is 2.44 bits per heavy atom. The first kappa shape index (κ1) is 12.7. The van der Waals surface area contributed by atoms with Gasteiger partial charge in [0.25, 0.3) is 0 Å². The minimum absolute atomic E-state index is 0.0720. The van der Waals surface area contributed by atoms with E-state index in [-0.39, 0.29) is 5.41 Å². The van der Waals surface area contributed by atoms with Gasteiger partial charge in [0.1, 0.15) is 11.4 Å². The highest BCUT2D eigenvalue weighted by molar-refractivity contribution is 5.82. The second-order valence-corrected chi connectivity index (χ2v) is 6.34. The van der Waals surface area contributed by atoms with Crippen LogP contribution in [0.3, 0.4) is 0 Å². The van der Waals surface area contributed by atoms with Gasteiger partial charge in [0.15, 0.2) is 0 Å². The van der Waals surface area contributed by atoms with Gasteiger partial charge >= 0.3 is 0 Å². The Kier molecular flexibility index (Phi) is 2.74. The third kappa shape index (κ3) is 2.26. The summed E-state index contributed by atoms with van der Waals surface area (Å²) >= 11 is 0. The largest absolute Gasteiger partial charge is 0.483 e. The first-order valence-electron chi connectivity index (χ1n) is 6.20. The van der Waals surface area contributed by atoms with Gasteiger partial charge < -0.3 is 4.74 Å². The lowest BCUT2D eigenvalue weighted by Crippen LogP contribution is -2.29. The van der Waals surface area contributed by atoms with Crippen LogP contribution in [0, 0.1) is 11.3 Å². The summed E-state index contributed by atoms with van der Waals surface area (Å²) in [7, 11) is 0. The van der Waals surface area contributed by atoms with Crippen molar-refractivity contribution in [2.75, 3.05) is 0 Å². The molecule has 0 atom stereocenters. The van der Waals surface area contributed by atoms with Crippen LogP contribution in [0.2, 0.25) is 0 Å². The van der Waals surface area contributed by atoms with Crippen LogP contribution in [0.5, 0.6) is 5.75 Å². The number of hydrogen-bond acceptors (Lipinski definition) is 2. The molecule has 94 valence electrons. The quantitative estimate of drug-likeness (QED) is 0.686. The van der Waals surface area contributed by atoms with E-state index in [0.29, 0.717) is 5.57 Å². The molecule has 0 bridgehead atoms. The normalized spacial score (nSPS) is 17.2. The monoisotopic (exact) mass is 241 g/mol. The fourth-order valence-electron chi connectivity index (χ4n) is 2.13. The van der Waals surface area contributed by atoms with Crippen molar-refractivity contribution < 1.29 is 4.74 Å². The van der Waals surface area contributed by atoms with Crippen molar-refractivity contribution in [3.8, 4) is 11.8 Å². The predicted octanol–water partition coefficient (Wildman–Crippen LogP) is 4.06. The summed E-state index contributed by atoms with van der Waals surface area (Å²) in [6, 6.07) is 8.40. The maximum absolute atomic E-state index is 9.29. The first-order chi connectivity index (χ1) is 8.23. The molecule has 18 heavy (non-hydrogen) atoms. The second-order valence-electron chi connectivity index (χ2n) is 6.34. The molecule has 0 aromatic heterocycles. The van der Waals surface area contributed by atoms with Crippen LogP contribution >= 0.6 is 0 Å². The SMILES string of the molecule is CC1(C)C=C(C#N)c2cc(C(C)(C)C)ccc2O1. The molecule has 0 saturated heterocycles. The van der Waals surface area contributed by atoms with Crippen LogP contribution < -0.4 is 4.74 Å². The summed E-state index contributed by atoms with van der Waals surface area (Å²) in [6.07, 6.45) is 1.89. The van der Waals surface area contributed by atoms with Crippen LogP contribution in [0.4, 0.5) is 0 Å². The molecule has 0 saturated carbocycles. The van der Waals surface area contributed by atoms with E-state index in [2.05, 4.69) is 39.0 Å². The van der Waals surface area contributed by atoms with Gasteiger partial charge in [0.05, 0.1) is 11.6 Å². The molecule has 0 radical (unpaired) electrons. The summed E-state index contributed by atoms with van der Waals surface area (Å²) in [6.45, 7) is 10.4. The number of rotatable bonds is 0. The van der Waals surface area contributed by atoms with E-state index in [1.807, 2.05) is 26.0 Å². The number of benzene rings is 1. The van der Waals surface area contributed by atoms with Crippen LogP contribution in [0.15, 0.2) is 24.3 Å². The molecular formula is C16H19NO. The van der Waals surface area contributed by atoms with E-state index >= 15 is 0 Å². The van der Waals surface area contributed by atoms with Gasteiger partial charge in [-0.25, -0.2) is 0 Å². The molecule has 0 fully saturated rings. The van der Waals surface area contributed by atoms with Crippen molar-refractivity contribution in [1.82, 2.24) is 0 Å².